The molecular formula is C38H25N3O. The minimum atomic E-state index is 0.755. The van der Waals surface area contributed by atoms with E-state index in [-0.39, 0.29) is 0 Å². The number of para-hydroxylation sites is 1. The van der Waals surface area contributed by atoms with Gasteiger partial charge in [0, 0.05) is 28.6 Å². The van der Waals surface area contributed by atoms with Crippen LogP contribution in [0.25, 0.3) is 55.0 Å². The fourth-order valence-corrected chi connectivity index (χ4v) is 5.81. The highest BCUT2D eigenvalue weighted by molar-refractivity contribution is 6.20. The van der Waals surface area contributed by atoms with Crippen molar-refractivity contribution in [1.82, 2.24) is 10.1 Å². The smallest absolute Gasteiger partial charge is 0.176 e. The number of benzene rings is 6. The zero-order valence-corrected chi connectivity index (χ0v) is 22.7. The summed E-state index contributed by atoms with van der Waals surface area (Å²) in [6.07, 6.45) is 1.78. The third-order valence-corrected chi connectivity index (χ3v) is 7.83. The SMILES string of the molecule is c1ccc(-c2ccc(N(c3ccccc3)c3ccc4ccc5ccc6c(-c7ccccn7)noc6c5c4c3)cc2)cc1. The Labute approximate surface area is 243 Å². The minimum Gasteiger partial charge on any atom is -0.355 e. The van der Waals surface area contributed by atoms with Crippen molar-refractivity contribution in [2.45, 2.75) is 0 Å². The number of fused-ring (bicyclic) bond motifs is 5. The lowest BCUT2D eigenvalue weighted by Crippen LogP contribution is -2.09. The first-order valence-electron chi connectivity index (χ1n) is 14.0. The van der Waals surface area contributed by atoms with E-state index in [1.54, 1.807) is 6.20 Å². The predicted molar refractivity (Wildman–Crippen MR) is 172 cm³/mol. The molecule has 0 unspecified atom stereocenters. The summed E-state index contributed by atoms with van der Waals surface area (Å²) in [7, 11) is 0. The van der Waals surface area contributed by atoms with E-state index >= 15 is 0 Å². The van der Waals surface area contributed by atoms with Gasteiger partial charge in [-0.05, 0) is 81.9 Å². The number of rotatable bonds is 5. The van der Waals surface area contributed by atoms with Crippen LogP contribution < -0.4 is 4.90 Å². The Balaban J connectivity index is 1.32. The van der Waals surface area contributed by atoms with Crippen molar-refractivity contribution in [3.63, 3.8) is 0 Å². The van der Waals surface area contributed by atoms with Crippen LogP contribution in [-0.2, 0) is 0 Å². The maximum absolute atomic E-state index is 6.05. The second kappa shape index (κ2) is 10.0. The Morgan fingerprint density at radius 2 is 1.14 bits per heavy atom. The van der Waals surface area contributed by atoms with E-state index in [1.165, 1.54) is 11.1 Å². The average Bonchev–Trinajstić information content (AvgIpc) is 3.51. The fourth-order valence-electron chi connectivity index (χ4n) is 5.81. The van der Waals surface area contributed by atoms with Gasteiger partial charge < -0.3 is 9.42 Å². The highest BCUT2D eigenvalue weighted by Gasteiger charge is 2.18. The molecule has 4 heteroatoms. The molecule has 0 N–H and O–H groups in total. The van der Waals surface area contributed by atoms with Gasteiger partial charge in [-0.1, -0.05) is 96.2 Å². The van der Waals surface area contributed by atoms with Crippen molar-refractivity contribution in [3.05, 3.63) is 152 Å². The third-order valence-electron chi connectivity index (χ3n) is 7.83. The standard InChI is InChI=1S/C38H25N3O/c1-3-9-26(10-4-1)27-16-20-31(21-17-27)41(30-11-5-2-6-12-30)32-22-18-28-14-15-29-19-23-33-37(35-13-7-8-24-39-35)40-42-38(33)36(29)34(28)25-32/h1-25H. The first kappa shape index (κ1) is 24.1. The monoisotopic (exact) mass is 539 g/mol. The van der Waals surface area contributed by atoms with Gasteiger partial charge in [-0.25, -0.2) is 0 Å². The Morgan fingerprint density at radius 1 is 0.500 bits per heavy atom. The lowest BCUT2D eigenvalue weighted by molar-refractivity contribution is 0.461. The molecule has 2 heterocycles. The Bertz CT molecular complexity index is 2170. The molecule has 0 aliphatic heterocycles. The fraction of sp³-hybridized carbons (Fsp3) is 0. The van der Waals surface area contributed by atoms with Crippen LogP contribution in [0.5, 0.6) is 0 Å². The molecule has 8 aromatic rings. The van der Waals surface area contributed by atoms with Crippen LogP contribution in [0.1, 0.15) is 0 Å². The average molecular weight is 540 g/mol. The molecule has 0 atom stereocenters. The van der Waals surface area contributed by atoms with Gasteiger partial charge in [0.25, 0.3) is 0 Å². The molecular weight excluding hydrogens is 514 g/mol. The van der Waals surface area contributed by atoms with Crippen molar-refractivity contribution >= 4 is 49.6 Å². The molecule has 2 aromatic heterocycles. The first-order valence-corrected chi connectivity index (χ1v) is 14.0. The maximum Gasteiger partial charge on any atom is 0.176 e. The first-order chi connectivity index (χ1) is 20.8. The maximum atomic E-state index is 6.05. The molecule has 0 bridgehead atoms. The Morgan fingerprint density at radius 3 is 1.93 bits per heavy atom. The number of anilines is 3. The van der Waals surface area contributed by atoms with Gasteiger partial charge in [-0.3, -0.25) is 4.98 Å². The van der Waals surface area contributed by atoms with E-state index in [2.05, 4.69) is 130 Å². The van der Waals surface area contributed by atoms with Crippen LogP contribution >= 0.6 is 0 Å². The van der Waals surface area contributed by atoms with Crippen molar-refractivity contribution in [2.75, 3.05) is 4.90 Å². The van der Waals surface area contributed by atoms with Gasteiger partial charge in [-0.2, -0.15) is 0 Å². The molecule has 0 saturated carbocycles. The second-order valence-corrected chi connectivity index (χ2v) is 10.3. The highest BCUT2D eigenvalue weighted by atomic mass is 16.5. The van der Waals surface area contributed by atoms with Gasteiger partial charge in [0.2, 0.25) is 0 Å². The molecule has 198 valence electrons. The van der Waals surface area contributed by atoms with Gasteiger partial charge in [0.15, 0.2) is 5.58 Å². The van der Waals surface area contributed by atoms with E-state index in [1.807, 2.05) is 30.3 Å². The number of nitrogens with zero attached hydrogens (tertiary/aromatic N) is 3. The summed E-state index contributed by atoms with van der Waals surface area (Å²) in [5.41, 5.74) is 7.96. The van der Waals surface area contributed by atoms with E-state index in [0.29, 0.717) is 0 Å². The summed E-state index contributed by atoms with van der Waals surface area (Å²) in [6, 6.07) is 50.7. The molecule has 42 heavy (non-hydrogen) atoms. The molecule has 0 saturated heterocycles. The molecule has 4 nitrogen and oxygen atoms in total. The molecule has 6 aromatic carbocycles. The lowest BCUT2D eigenvalue weighted by Gasteiger charge is -2.26. The van der Waals surface area contributed by atoms with Gasteiger partial charge >= 0.3 is 0 Å². The van der Waals surface area contributed by atoms with Crippen LogP contribution in [0.15, 0.2) is 156 Å². The van der Waals surface area contributed by atoms with Crippen LogP contribution in [0.3, 0.4) is 0 Å². The zero-order valence-electron chi connectivity index (χ0n) is 22.7. The molecule has 0 fully saturated rings. The molecule has 0 aliphatic rings. The number of hydrogen-bond donors (Lipinski definition) is 0. The van der Waals surface area contributed by atoms with E-state index in [4.69, 9.17) is 4.52 Å². The summed E-state index contributed by atoms with van der Waals surface area (Å²) in [5, 5.41) is 9.82. The summed E-state index contributed by atoms with van der Waals surface area (Å²) < 4.78 is 6.05. The summed E-state index contributed by atoms with van der Waals surface area (Å²) in [4.78, 5) is 6.81. The van der Waals surface area contributed by atoms with Gasteiger partial charge in [0.05, 0.1) is 11.1 Å². The Hall–Kier alpha value is -5.74. The van der Waals surface area contributed by atoms with Gasteiger partial charge in [0.1, 0.15) is 5.69 Å². The minimum absolute atomic E-state index is 0.755. The molecule has 0 spiro atoms. The lowest BCUT2D eigenvalue weighted by atomic mass is 9.98. The molecule has 0 aliphatic carbocycles. The topological polar surface area (TPSA) is 42.2 Å². The highest BCUT2D eigenvalue weighted by Crippen LogP contribution is 2.41. The number of pyridine rings is 1. The van der Waals surface area contributed by atoms with Crippen LogP contribution in [0.4, 0.5) is 17.1 Å². The number of aromatic nitrogens is 2. The summed E-state index contributed by atoms with van der Waals surface area (Å²) >= 11 is 0. The van der Waals surface area contributed by atoms with Crippen LogP contribution in [0, 0.1) is 0 Å². The van der Waals surface area contributed by atoms with Crippen molar-refractivity contribution in [2.24, 2.45) is 0 Å². The van der Waals surface area contributed by atoms with Crippen molar-refractivity contribution in [1.29, 1.82) is 0 Å². The molecule has 0 radical (unpaired) electrons. The number of hydrogen-bond acceptors (Lipinski definition) is 4. The van der Waals surface area contributed by atoms with Crippen molar-refractivity contribution < 1.29 is 4.52 Å². The van der Waals surface area contributed by atoms with Crippen molar-refractivity contribution in [3.8, 4) is 22.5 Å². The zero-order chi connectivity index (χ0) is 27.9. The largest absolute Gasteiger partial charge is 0.355 e. The predicted octanol–water partition coefficient (Wildman–Crippen LogP) is 10.3. The van der Waals surface area contributed by atoms with Crippen LogP contribution in [-0.4, -0.2) is 10.1 Å². The van der Waals surface area contributed by atoms with E-state index < -0.39 is 0 Å². The summed E-state index contributed by atoms with van der Waals surface area (Å²) in [5.74, 6) is 0. The quantitative estimate of drug-likeness (QED) is 0.204. The van der Waals surface area contributed by atoms with Gasteiger partial charge in [-0.15, -0.1) is 0 Å². The third kappa shape index (κ3) is 4.09. The second-order valence-electron chi connectivity index (χ2n) is 10.3. The van der Waals surface area contributed by atoms with E-state index in [9.17, 15) is 0 Å². The van der Waals surface area contributed by atoms with E-state index in [0.717, 1.165) is 61.0 Å². The Kier molecular flexibility index (Phi) is 5.75. The summed E-state index contributed by atoms with van der Waals surface area (Å²) in [6.45, 7) is 0. The normalized spacial score (nSPS) is 11.3. The van der Waals surface area contributed by atoms with Crippen LogP contribution in [0.2, 0.25) is 0 Å². The molecule has 0 amide bonds. The molecule has 8 rings (SSSR count).